The number of nitrogens with one attached hydrogen (secondary N) is 3. The number of alkyl carbamates (subject to hydrolysis) is 1. The van der Waals surface area contributed by atoms with E-state index in [0.29, 0.717) is 0 Å². The van der Waals surface area contributed by atoms with Crippen LogP contribution in [0.3, 0.4) is 0 Å². The third-order valence-corrected chi connectivity index (χ3v) is 5.14. The Balaban J connectivity index is 1.44. The molecule has 7 nitrogen and oxygen atoms in total. The highest BCUT2D eigenvalue weighted by atomic mass is 16.5. The quantitative estimate of drug-likeness (QED) is 0.413. The molecule has 3 aromatic carbocycles. The van der Waals surface area contributed by atoms with Crippen molar-refractivity contribution in [1.29, 1.82) is 0 Å². The summed E-state index contributed by atoms with van der Waals surface area (Å²) in [6, 6.07) is 23.7. The number of hydrogen-bond acceptors (Lipinski definition) is 4. The van der Waals surface area contributed by atoms with Crippen molar-refractivity contribution in [3.05, 3.63) is 102 Å². The lowest BCUT2D eigenvalue weighted by atomic mass is 9.98. The molecule has 2 atom stereocenters. The molecule has 0 spiro atoms. The summed E-state index contributed by atoms with van der Waals surface area (Å²) in [5.41, 5.74) is 4.44. The van der Waals surface area contributed by atoms with Gasteiger partial charge in [0.05, 0.1) is 23.4 Å². The molecule has 4 aromatic rings. The molecule has 0 unspecified atom stereocenters. The van der Waals surface area contributed by atoms with Gasteiger partial charge in [-0.05, 0) is 35.7 Å². The number of aromatic nitrogens is 2. The summed E-state index contributed by atoms with van der Waals surface area (Å²) in [6.45, 7) is 1.76. The van der Waals surface area contributed by atoms with Crippen LogP contribution in [0, 0.1) is 0 Å². The van der Waals surface area contributed by atoms with E-state index in [2.05, 4.69) is 20.6 Å². The van der Waals surface area contributed by atoms with Crippen LogP contribution < -0.4 is 10.6 Å². The van der Waals surface area contributed by atoms with Gasteiger partial charge in [0, 0.05) is 0 Å². The Labute approximate surface area is 185 Å². The van der Waals surface area contributed by atoms with E-state index < -0.39 is 12.1 Å². The molecule has 162 valence electrons. The first-order chi connectivity index (χ1) is 15.6. The van der Waals surface area contributed by atoms with Gasteiger partial charge in [0.1, 0.15) is 12.6 Å². The molecule has 32 heavy (non-hydrogen) atoms. The molecule has 3 N–H and O–H groups in total. The molecule has 0 aliphatic carbocycles. The highest BCUT2D eigenvalue weighted by Crippen LogP contribution is 2.24. The zero-order valence-electron chi connectivity index (χ0n) is 17.6. The standard InChI is InChI=1S/C25H24N4O3/c1-17(28-25(31)32-15-18-8-4-2-5-9-18)24(30)29-23(19-10-6-3-7-11-19)20-12-13-21-22(14-20)27-16-26-21/h2-14,16-17,23H,15H2,1H3,(H,26,27)(H,28,31)(H,29,30)/t17-,23+/m0/s1. The maximum Gasteiger partial charge on any atom is 0.408 e. The highest BCUT2D eigenvalue weighted by molar-refractivity contribution is 5.86. The van der Waals surface area contributed by atoms with Gasteiger partial charge in [-0.1, -0.05) is 66.7 Å². The van der Waals surface area contributed by atoms with Crippen LogP contribution in [0.15, 0.2) is 85.2 Å². The number of carbonyl (C=O) groups is 2. The predicted molar refractivity (Wildman–Crippen MR) is 122 cm³/mol. The van der Waals surface area contributed by atoms with E-state index >= 15 is 0 Å². The van der Waals surface area contributed by atoms with Crippen molar-refractivity contribution in [2.75, 3.05) is 0 Å². The summed E-state index contributed by atoms with van der Waals surface area (Å²) in [5, 5.41) is 5.64. The van der Waals surface area contributed by atoms with Gasteiger partial charge in [-0.15, -0.1) is 0 Å². The first kappa shape index (κ1) is 21.1. The minimum Gasteiger partial charge on any atom is -0.445 e. The second kappa shape index (κ2) is 9.78. The molecule has 0 bridgehead atoms. The lowest BCUT2D eigenvalue weighted by Crippen LogP contribution is -2.46. The van der Waals surface area contributed by atoms with Crippen molar-refractivity contribution >= 4 is 23.0 Å². The number of H-pyrrole nitrogens is 1. The molecule has 1 aromatic heterocycles. The number of hydrogen-bond donors (Lipinski definition) is 3. The van der Waals surface area contributed by atoms with E-state index in [1.54, 1.807) is 13.3 Å². The lowest BCUT2D eigenvalue weighted by molar-refractivity contribution is -0.123. The number of carbonyl (C=O) groups excluding carboxylic acids is 2. The molecule has 0 saturated heterocycles. The van der Waals surface area contributed by atoms with Crippen LogP contribution in [0.1, 0.15) is 29.7 Å². The Hall–Kier alpha value is -4.13. The van der Waals surface area contributed by atoms with Gasteiger partial charge in [0.25, 0.3) is 0 Å². The second-order valence-electron chi connectivity index (χ2n) is 7.46. The third-order valence-electron chi connectivity index (χ3n) is 5.14. The summed E-state index contributed by atoms with van der Waals surface area (Å²) in [5.74, 6) is -0.319. The summed E-state index contributed by atoms with van der Waals surface area (Å²) in [6.07, 6.45) is 0.990. The van der Waals surface area contributed by atoms with Crippen LogP contribution in [0.5, 0.6) is 0 Å². The van der Waals surface area contributed by atoms with Crippen molar-refractivity contribution in [2.45, 2.75) is 25.6 Å². The average molecular weight is 428 g/mol. The molecular formula is C25H24N4O3. The normalized spacial score (nSPS) is 12.7. The minimum atomic E-state index is -0.777. The molecule has 2 amide bonds. The number of fused-ring (bicyclic) bond motifs is 1. The number of amides is 2. The van der Waals surface area contributed by atoms with Crippen molar-refractivity contribution in [3.63, 3.8) is 0 Å². The molecule has 0 radical (unpaired) electrons. The Kier molecular flexibility index (Phi) is 6.46. The van der Waals surface area contributed by atoms with Gasteiger partial charge in [-0.25, -0.2) is 9.78 Å². The van der Waals surface area contributed by atoms with E-state index in [9.17, 15) is 9.59 Å². The van der Waals surface area contributed by atoms with Crippen LogP contribution >= 0.6 is 0 Å². The smallest absolute Gasteiger partial charge is 0.408 e. The van der Waals surface area contributed by atoms with Gasteiger partial charge in [-0.3, -0.25) is 4.79 Å². The Morgan fingerprint density at radius 2 is 1.66 bits per heavy atom. The topological polar surface area (TPSA) is 96.1 Å². The Morgan fingerprint density at radius 3 is 2.41 bits per heavy atom. The number of rotatable bonds is 7. The predicted octanol–water partition coefficient (Wildman–Crippen LogP) is 4.08. The number of benzene rings is 3. The summed E-state index contributed by atoms with van der Waals surface area (Å²) >= 11 is 0. The van der Waals surface area contributed by atoms with Crippen LogP contribution in [0.25, 0.3) is 11.0 Å². The van der Waals surface area contributed by atoms with Crippen molar-refractivity contribution in [1.82, 2.24) is 20.6 Å². The SMILES string of the molecule is C[C@H](NC(=O)OCc1ccccc1)C(=O)N[C@H](c1ccccc1)c1ccc2nc[nH]c2c1. The van der Waals surface area contributed by atoms with Gasteiger partial charge in [-0.2, -0.15) is 0 Å². The van der Waals surface area contributed by atoms with E-state index in [4.69, 9.17) is 4.74 Å². The Morgan fingerprint density at radius 1 is 0.938 bits per heavy atom. The number of aromatic amines is 1. The molecule has 7 heteroatoms. The van der Waals surface area contributed by atoms with Crippen molar-refractivity contribution in [2.24, 2.45) is 0 Å². The van der Waals surface area contributed by atoms with Crippen molar-refractivity contribution in [3.8, 4) is 0 Å². The fraction of sp³-hybridized carbons (Fsp3) is 0.160. The van der Waals surface area contributed by atoms with E-state index in [0.717, 1.165) is 27.7 Å². The highest BCUT2D eigenvalue weighted by Gasteiger charge is 2.22. The van der Waals surface area contributed by atoms with Crippen LogP contribution in [0.4, 0.5) is 4.79 Å². The number of imidazole rings is 1. The van der Waals surface area contributed by atoms with Gasteiger partial charge < -0.3 is 20.4 Å². The van der Waals surface area contributed by atoms with Gasteiger partial charge in [0.15, 0.2) is 0 Å². The first-order valence-electron chi connectivity index (χ1n) is 10.4. The molecule has 0 aliphatic heterocycles. The van der Waals surface area contributed by atoms with E-state index in [1.807, 2.05) is 78.9 Å². The maximum absolute atomic E-state index is 12.9. The number of nitrogens with zero attached hydrogens (tertiary/aromatic N) is 1. The van der Waals surface area contributed by atoms with Crippen LogP contribution in [-0.2, 0) is 16.1 Å². The fourth-order valence-corrected chi connectivity index (χ4v) is 3.41. The molecule has 0 saturated carbocycles. The van der Waals surface area contributed by atoms with Gasteiger partial charge >= 0.3 is 6.09 Å². The summed E-state index contributed by atoms with van der Waals surface area (Å²) in [7, 11) is 0. The first-order valence-corrected chi connectivity index (χ1v) is 10.4. The van der Waals surface area contributed by atoms with Crippen molar-refractivity contribution < 1.29 is 14.3 Å². The monoisotopic (exact) mass is 428 g/mol. The molecule has 0 aliphatic rings. The summed E-state index contributed by atoms with van der Waals surface area (Å²) in [4.78, 5) is 32.4. The minimum absolute atomic E-state index is 0.137. The summed E-state index contributed by atoms with van der Waals surface area (Å²) < 4.78 is 5.22. The largest absolute Gasteiger partial charge is 0.445 e. The molecule has 0 fully saturated rings. The third kappa shape index (κ3) is 5.13. The van der Waals surface area contributed by atoms with Gasteiger partial charge in [0.2, 0.25) is 5.91 Å². The van der Waals surface area contributed by atoms with E-state index in [-0.39, 0.29) is 18.6 Å². The lowest BCUT2D eigenvalue weighted by Gasteiger charge is -2.22. The maximum atomic E-state index is 12.9. The Bertz CT molecular complexity index is 1190. The van der Waals surface area contributed by atoms with E-state index in [1.165, 1.54) is 0 Å². The van der Waals surface area contributed by atoms with Crippen LogP contribution in [-0.4, -0.2) is 28.0 Å². The number of ether oxygens (including phenoxy) is 1. The fourth-order valence-electron chi connectivity index (χ4n) is 3.41. The molecule has 1 heterocycles. The molecule has 4 rings (SSSR count). The zero-order chi connectivity index (χ0) is 22.3. The van der Waals surface area contributed by atoms with Crippen LogP contribution in [0.2, 0.25) is 0 Å². The zero-order valence-corrected chi connectivity index (χ0v) is 17.6. The molecular weight excluding hydrogens is 404 g/mol. The average Bonchev–Trinajstić information content (AvgIpc) is 3.30. The second-order valence-corrected chi connectivity index (χ2v) is 7.46.